The van der Waals surface area contributed by atoms with E-state index in [1.807, 2.05) is 24.5 Å². The summed E-state index contributed by atoms with van der Waals surface area (Å²) in [5.41, 5.74) is 14.6. The van der Waals surface area contributed by atoms with Crippen molar-refractivity contribution in [3.05, 3.63) is 109 Å². The van der Waals surface area contributed by atoms with Crippen LogP contribution >= 0.6 is 0 Å². The summed E-state index contributed by atoms with van der Waals surface area (Å²) < 4.78 is 0. The largest absolute Gasteiger partial charge is 0.360 e. The van der Waals surface area contributed by atoms with Crippen molar-refractivity contribution < 1.29 is 0 Å². The molecule has 8 N–H and O–H groups in total. The van der Waals surface area contributed by atoms with Crippen LogP contribution in [-0.2, 0) is 0 Å². The summed E-state index contributed by atoms with van der Waals surface area (Å²) in [5, 5.41) is 0. The lowest BCUT2D eigenvalue weighted by molar-refractivity contribution is 1.27. The summed E-state index contributed by atoms with van der Waals surface area (Å²) in [5.74, 6) is 0. The van der Waals surface area contributed by atoms with E-state index in [4.69, 9.17) is 0 Å². The quantitative estimate of drug-likeness (QED) is 0.103. The minimum absolute atomic E-state index is 1.03. The van der Waals surface area contributed by atoms with Crippen LogP contribution in [0.15, 0.2) is 109 Å². The second-order valence-corrected chi connectivity index (χ2v) is 9.88. The Morgan fingerprint density at radius 2 is 0.425 bits per heavy atom. The predicted molar refractivity (Wildman–Crippen MR) is 159 cm³/mol. The molecule has 40 heavy (non-hydrogen) atoms. The Labute approximate surface area is 229 Å². The van der Waals surface area contributed by atoms with Crippen molar-refractivity contribution in [2.24, 2.45) is 0 Å². The highest BCUT2D eigenvalue weighted by atomic mass is 14.9. The molecule has 8 heteroatoms. The maximum Gasteiger partial charge on any atom is 0.0624 e. The number of aromatic amines is 8. The van der Waals surface area contributed by atoms with Gasteiger partial charge in [0, 0.05) is 12.4 Å². The highest BCUT2D eigenvalue weighted by Gasteiger charge is 2.12. The van der Waals surface area contributed by atoms with E-state index in [0.717, 1.165) is 79.7 Å². The molecule has 0 aliphatic carbocycles. The van der Waals surface area contributed by atoms with Gasteiger partial charge >= 0.3 is 0 Å². The van der Waals surface area contributed by atoms with E-state index in [9.17, 15) is 0 Å². The summed E-state index contributed by atoms with van der Waals surface area (Å²) in [7, 11) is 0. The van der Waals surface area contributed by atoms with E-state index < -0.39 is 0 Å². The van der Waals surface area contributed by atoms with E-state index in [0.29, 0.717) is 0 Å². The Kier molecular flexibility index (Phi) is 4.96. The molecule has 0 fully saturated rings. The molecule has 8 aromatic rings. The predicted octanol–water partition coefficient (Wildman–Crippen LogP) is 7.98. The Hall–Kier alpha value is -5.76. The molecule has 0 radical (unpaired) electrons. The van der Waals surface area contributed by atoms with Crippen molar-refractivity contribution in [2.45, 2.75) is 0 Å². The number of rotatable bonds is 7. The maximum absolute atomic E-state index is 3.55. The van der Waals surface area contributed by atoms with Crippen LogP contribution in [0.1, 0.15) is 0 Å². The third kappa shape index (κ3) is 3.86. The number of H-pyrrole nitrogens is 8. The zero-order chi connectivity index (χ0) is 26.5. The van der Waals surface area contributed by atoms with Crippen LogP contribution in [0.4, 0.5) is 0 Å². The number of hydrogen-bond donors (Lipinski definition) is 8. The van der Waals surface area contributed by atoms with Crippen LogP contribution < -0.4 is 0 Å². The number of nitrogens with one attached hydrogen (secondary N) is 8. The standard InChI is InChI=1S/C32H26N8/c1-3-19(33-17-1)21-5-7-23(35-21)25-9-11-27(37-25)29-13-15-31(39-29)32-16-14-30(40-32)28-12-10-26(38-28)24-8-6-22(36-24)20-4-2-18-34-20/h1-18,33-40H. The summed E-state index contributed by atoms with van der Waals surface area (Å²) >= 11 is 0. The van der Waals surface area contributed by atoms with Gasteiger partial charge in [0.05, 0.1) is 79.7 Å². The minimum atomic E-state index is 1.03. The first-order valence-corrected chi connectivity index (χ1v) is 13.2. The second-order valence-electron chi connectivity index (χ2n) is 9.88. The molecule has 8 rings (SSSR count). The Balaban J connectivity index is 1.00. The highest BCUT2D eigenvalue weighted by Crippen LogP contribution is 2.30. The average molecular weight is 523 g/mol. The summed E-state index contributed by atoms with van der Waals surface area (Å²) in [6, 6.07) is 33.3. The lowest BCUT2D eigenvalue weighted by Gasteiger charge is -1.98. The van der Waals surface area contributed by atoms with Crippen LogP contribution in [0.3, 0.4) is 0 Å². The lowest BCUT2D eigenvalue weighted by atomic mass is 10.3. The zero-order valence-electron chi connectivity index (χ0n) is 21.4. The molecule has 0 saturated heterocycles. The molecule has 0 saturated carbocycles. The Morgan fingerprint density at radius 3 is 0.600 bits per heavy atom. The fraction of sp³-hybridized carbons (Fsp3) is 0. The van der Waals surface area contributed by atoms with Crippen molar-refractivity contribution in [1.82, 2.24) is 39.9 Å². The molecule has 8 nitrogen and oxygen atoms in total. The van der Waals surface area contributed by atoms with Gasteiger partial charge in [-0.3, -0.25) is 0 Å². The van der Waals surface area contributed by atoms with Crippen molar-refractivity contribution in [1.29, 1.82) is 0 Å². The van der Waals surface area contributed by atoms with Gasteiger partial charge < -0.3 is 39.9 Å². The molecule has 0 spiro atoms. The molecule has 0 atom stereocenters. The first-order valence-electron chi connectivity index (χ1n) is 13.2. The third-order valence-corrected chi connectivity index (χ3v) is 7.34. The van der Waals surface area contributed by atoms with Gasteiger partial charge in [0.2, 0.25) is 0 Å². The third-order valence-electron chi connectivity index (χ3n) is 7.34. The maximum atomic E-state index is 3.55. The van der Waals surface area contributed by atoms with E-state index in [1.54, 1.807) is 0 Å². The first-order chi connectivity index (χ1) is 19.8. The fourth-order valence-corrected chi connectivity index (χ4v) is 5.25. The molecular formula is C32H26N8. The molecule has 8 aromatic heterocycles. The van der Waals surface area contributed by atoms with Gasteiger partial charge in [-0.15, -0.1) is 0 Å². The molecular weight excluding hydrogens is 496 g/mol. The Morgan fingerprint density at radius 1 is 0.225 bits per heavy atom. The van der Waals surface area contributed by atoms with Crippen molar-refractivity contribution in [3.8, 4) is 79.7 Å². The van der Waals surface area contributed by atoms with Crippen LogP contribution in [0, 0.1) is 0 Å². The molecule has 0 unspecified atom stereocenters. The molecule has 0 aliphatic heterocycles. The smallest absolute Gasteiger partial charge is 0.0624 e. The van der Waals surface area contributed by atoms with Crippen LogP contribution in [-0.4, -0.2) is 39.9 Å². The van der Waals surface area contributed by atoms with Crippen LogP contribution in [0.5, 0.6) is 0 Å². The van der Waals surface area contributed by atoms with Crippen LogP contribution in [0.2, 0.25) is 0 Å². The fourth-order valence-electron chi connectivity index (χ4n) is 5.25. The molecule has 0 amide bonds. The van der Waals surface area contributed by atoms with E-state index in [-0.39, 0.29) is 0 Å². The van der Waals surface area contributed by atoms with Gasteiger partial charge in [-0.05, 0) is 97.1 Å². The lowest BCUT2D eigenvalue weighted by Crippen LogP contribution is -1.83. The highest BCUT2D eigenvalue weighted by molar-refractivity contribution is 5.73. The second kappa shape index (κ2) is 8.92. The van der Waals surface area contributed by atoms with Crippen molar-refractivity contribution in [3.63, 3.8) is 0 Å². The number of hydrogen-bond acceptors (Lipinski definition) is 0. The van der Waals surface area contributed by atoms with Gasteiger partial charge in [0.1, 0.15) is 0 Å². The number of aromatic nitrogens is 8. The molecule has 0 aromatic carbocycles. The Bertz CT molecular complexity index is 1860. The summed E-state index contributed by atoms with van der Waals surface area (Å²) in [4.78, 5) is 27.6. The van der Waals surface area contributed by atoms with Crippen LogP contribution in [0.25, 0.3) is 79.7 Å². The van der Waals surface area contributed by atoms with Gasteiger partial charge in [0.15, 0.2) is 0 Å². The molecule has 0 bridgehead atoms. The van der Waals surface area contributed by atoms with E-state index in [1.165, 1.54) is 0 Å². The van der Waals surface area contributed by atoms with Gasteiger partial charge in [0.25, 0.3) is 0 Å². The van der Waals surface area contributed by atoms with E-state index >= 15 is 0 Å². The average Bonchev–Trinajstić information content (AvgIpc) is 3.84. The zero-order valence-corrected chi connectivity index (χ0v) is 21.4. The molecule has 0 aliphatic rings. The summed E-state index contributed by atoms with van der Waals surface area (Å²) in [6.07, 6.45) is 3.86. The summed E-state index contributed by atoms with van der Waals surface area (Å²) in [6.45, 7) is 0. The van der Waals surface area contributed by atoms with Crippen molar-refractivity contribution in [2.75, 3.05) is 0 Å². The van der Waals surface area contributed by atoms with Gasteiger partial charge in [-0.2, -0.15) is 0 Å². The molecule has 194 valence electrons. The van der Waals surface area contributed by atoms with Gasteiger partial charge in [-0.1, -0.05) is 0 Å². The topological polar surface area (TPSA) is 126 Å². The first kappa shape index (κ1) is 22.2. The molecule has 8 heterocycles. The SMILES string of the molecule is c1c[nH]c(-c2ccc(-c3ccc(-c4ccc(-c5ccc(-c6ccc(-c7ccc(-c8ccc[nH]8)[nH]7)[nH]6)[nH]5)[nH]4)[nH]3)[nH]2)c1. The van der Waals surface area contributed by atoms with E-state index in [2.05, 4.69) is 125 Å². The van der Waals surface area contributed by atoms with Crippen molar-refractivity contribution >= 4 is 0 Å². The normalized spacial score (nSPS) is 11.5. The van der Waals surface area contributed by atoms with Gasteiger partial charge in [-0.25, -0.2) is 0 Å². The monoisotopic (exact) mass is 522 g/mol. The minimum Gasteiger partial charge on any atom is -0.360 e.